The van der Waals surface area contributed by atoms with Crippen LogP contribution >= 0.6 is 0 Å². The molecule has 2 aromatic carbocycles. The fourth-order valence-electron chi connectivity index (χ4n) is 6.02. The minimum Gasteiger partial charge on any atom is -0.486 e. The predicted molar refractivity (Wildman–Crippen MR) is 140 cm³/mol. The maximum Gasteiger partial charge on any atom is 0.247 e. The summed E-state index contributed by atoms with van der Waals surface area (Å²) in [4.78, 5) is 28.8. The molecule has 2 aliphatic carbocycles. The van der Waals surface area contributed by atoms with Gasteiger partial charge in [-0.15, -0.1) is 0 Å². The van der Waals surface area contributed by atoms with Gasteiger partial charge >= 0.3 is 0 Å². The molecular weight excluding hydrogens is 468 g/mol. The lowest BCUT2D eigenvalue weighted by Crippen LogP contribution is -2.55. The van der Waals surface area contributed by atoms with Gasteiger partial charge in [0.1, 0.15) is 18.0 Å². The van der Waals surface area contributed by atoms with Gasteiger partial charge in [0.05, 0.1) is 18.6 Å². The van der Waals surface area contributed by atoms with Gasteiger partial charge in [0, 0.05) is 30.6 Å². The predicted octanol–water partition coefficient (Wildman–Crippen LogP) is 3.23. The number of nitrogens with zero attached hydrogens (tertiary/aromatic N) is 1. The Bertz CT molecular complexity index is 1150. The smallest absolute Gasteiger partial charge is 0.247 e. The van der Waals surface area contributed by atoms with Crippen LogP contribution in [0, 0.1) is 12.8 Å². The third-order valence-corrected chi connectivity index (χ3v) is 7.97. The summed E-state index contributed by atoms with van der Waals surface area (Å²) in [7, 11) is 0. The van der Waals surface area contributed by atoms with Crippen molar-refractivity contribution in [3.8, 4) is 5.75 Å². The lowest BCUT2D eigenvalue weighted by Gasteiger charge is -2.41. The first-order valence-corrected chi connectivity index (χ1v) is 13.4. The number of para-hydroxylation sites is 1. The minimum atomic E-state index is -1.01. The summed E-state index contributed by atoms with van der Waals surface area (Å²) >= 11 is 0. The van der Waals surface area contributed by atoms with Gasteiger partial charge in [-0.25, -0.2) is 0 Å². The Balaban J connectivity index is 1.52. The minimum absolute atomic E-state index is 0.0168. The molecule has 1 heterocycles. The number of aliphatic hydroxyl groups excluding tert-OH is 2. The SMILES string of the molecule is Cc1ccc(CN(C(=O)CC2CCCC2)[C@@H]2C=C(C(=O)NCCO)[C@@H]3c4ccccc4O[C@@H]3[C@H]2O)cc1. The maximum atomic E-state index is 13.8. The Labute approximate surface area is 218 Å². The molecule has 5 rings (SSSR count). The van der Waals surface area contributed by atoms with Crippen molar-refractivity contribution in [2.24, 2.45) is 5.92 Å². The van der Waals surface area contributed by atoms with Gasteiger partial charge in [0.2, 0.25) is 11.8 Å². The summed E-state index contributed by atoms with van der Waals surface area (Å²) < 4.78 is 6.21. The van der Waals surface area contributed by atoms with E-state index in [1.54, 1.807) is 11.0 Å². The molecule has 2 aromatic rings. The summed E-state index contributed by atoms with van der Waals surface area (Å²) in [5.41, 5.74) is 3.40. The van der Waals surface area contributed by atoms with Crippen LogP contribution < -0.4 is 10.1 Å². The number of ether oxygens (including phenoxy) is 1. The first-order valence-electron chi connectivity index (χ1n) is 13.4. The van der Waals surface area contributed by atoms with Gasteiger partial charge in [0.15, 0.2) is 0 Å². The monoisotopic (exact) mass is 504 g/mol. The lowest BCUT2D eigenvalue weighted by atomic mass is 9.77. The molecular formula is C30H36N2O5. The number of benzene rings is 2. The largest absolute Gasteiger partial charge is 0.486 e. The zero-order chi connectivity index (χ0) is 25.9. The molecule has 2 amide bonds. The first-order chi connectivity index (χ1) is 18.0. The summed E-state index contributed by atoms with van der Waals surface area (Å²) in [6, 6.07) is 14.8. The van der Waals surface area contributed by atoms with Gasteiger partial charge in [-0.1, -0.05) is 60.9 Å². The molecule has 7 heteroatoms. The topological polar surface area (TPSA) is 99.1 Å². The van der Waals surface area contributed by atoms with Crippen molar-refractivity contribution in [1.82, 2.24) is 10.2 Å². The highest BCUT2D eigenvalue weighted by Crippen LogP contribution is 2.47. The van der Waals surface area contributed by atoms with Crippen molar-refractivity contribution < 1.29 is 24.5 Å². The van der Waals surface area contributed by atoms with E-state index in [-0.39, 0.29) is 25.0 Å². The highest BCUT2D eigenvalue weighted by atomic mass is 16.5. The van der Waals surface area contributed by atoms with E-state index < -0.39 is 24.2 Å². The summed E-state index contributed by atoms with van der Waals surface area (Å²) in [6.07, 6.45) is 4.87. The second-order valence-electron chi connectivity index (χ2n) is 10.5. The van der Waals surface area contributed by atoms with E-state index in [2.05, 4.69) is 5.32 Å². The Kier molecular flexibility index (Phi) is 7.63. The quantitative estimate of drug-likeness (QED) is 0.513. The van der Waals surface area contributed by atoms with Crippen LogP contribution in [0.2, 0.25) is 0 Å². The van der Waals surface area contributed by atoms with Crippen LogP contribution in [0.25, 0.3) is 0 Å². The number of nitrogens with one attached hydrogen (secondary N) is 1. The van der Waals surface area contributed by atoms with E-state index in [9.17, 15) is 19.8 Å². The molecule has 0 saturated heterocycles. The number of aryl methyl sites for hydroxylation is 1. The van der Waals surface area contributed by atoms with E-state index in [0.29, 0.717) is 30.2 Å². The van der Waals surface area contributed by atoms with Gasteiger partial charge in [-0.2, -0.15) is 0 Å². The third kappa shape index (κ3) is 5.29. The Morgan fingerprint density at radius 3 is 2.54 bits per heavy atom. The van der Waals surface area contributed by atoms with E-state index in [1.165, 1.54) is 0 Å². The average molecular weight is 505 g/mol. The van der Waals surface area contributed by atoms with Crippen LogP contribution in [0.1, 0.15) is 54.7 Å². The second-order valence-corrected chi connectivity index (χ2v) is 10.5. The van der Waals surface area contributed by atoms with E-state index in [1.807, 2.05) is 55.5 Å². The van der Waals surface area contributed by atoms with Crippen LogP contribution in [0.3, 0.4) is 0 Å². The molecule has 0 aromatic heterocycles. The molecule has 0 spiro atoms. The molecule has 3 aliphatic rings. The zero-order valence-electron chi connectivity index (χ0n) is 21.3. The molecule has 0 bridgehead atoms. The van der Waals surface area contributed by atoms with Crippen molar-refractivity contribution in [1.29, 1.82) is 0 Å². The Hall–Kier alpha value is -3.16. The van der Waals surface area contributed by atoms with Crippen LogP contribution in [-0.4, -0.2) is 58.3 Å². The number of carbonyl (C=O) groups excluding carboxylic acids is 2. The van der Waals surface area contributed by atoms with Crippen molar-refractivity contribution in [3.63, 3.8) is 0 Å². The van der Waals surface area contributed by atoms with Crippen molar-refractivity contribution in [2.75, 3.05) is 13.2 Å². The third-order valence-electron chi connectivity index (χ3n) is 7.97. The number of hydrogen-bond acceptors (Lipinski definition) is 5. The number of fused-ring (bicyclic) bond motifs is 3. The van der Waals surface area contributed by atoms with Crippen LogP contribution in [-0.2, 0) is 16.1 Å². The molecule has 0 radical (unpaired) electrons. The summed E-state index contributed by atoms with van der Waals surface area (Å²) in [6.45, 7) is 2.30. The Morgan fingerprint density at radius 2 is 1.81 bits per heavy atom. The van der Waals surface area contributed by atoms with Gasteiger partial charge in [-0.3, -0.25) is 9.59 Å². The standard InChI is InChI=1S/C30H36N2O5/c1-19-10-12-21(13-11-19)18-32(26(34)16-20-6-2-3-7-20)24-17-23(30(36)31-14-15-33)27-22-8-4-5-9-25(22)37-29(27)28(24)35/h4-5,8-13,17,20,24,27-29,33,35H,2-3,6-7,14-16,18H2,1H3,(H,31,36)/t24-,27+,28+,29+/m1/s1. The van der Waals surface area contributed by atoms with E-state index >= 15 is 0 Å². The first kappa shape index (κ1) is 25.5. The lowest BCUT2D eigenvalue weighted by molar-refractivity contribution is -0.139. The maximum absolute atomic E-state index is 13.8. The van der Waals surface area contributed by atoms with E-state index in [4.69, 9.17) is 4.74 Å². The molecule has 1 saturated carbocycles. The normalized spacial score (nSPS) is 24.6. The van der Waals surface area contributed by atoms with Gasteiger partial charge in [-0.05, 0) is 43.4 Å². The average Bonchev–Trinajstić information content (AvgIpc) is 3.56. The number of hydrogen-bond donors (Lipinski definition) is 3. The Morgan fingerprint density at radius 1 is 1.08 bits per heavy atom. The van der Waals surface area contributed by atoms with Crippen LogP contribution in [0.5, 0.6) is 5.75 Å². The number of aliphatic hydroxyl groups is 2. The highest BCUT2D eigenvalue weighted by molar-refractivity contribution is 5.96. The molecule has 0 unspecified atom stereocenters. The van der Waals surface area contributed by atoms with Crippen LogP contribution in [0.4, 0.5) is 0 Å². The molecule has 7 nitrogen and oxygen atoms in total. The molecule has 196 valence electrons. The summed E-state index contributed by atoms with van der Waals surface area (Å²) in [5.74, 6) is 0.203. The van der Waals surface area contributed by atoms with E-state index in [0.717, 1.165) is 42.4 Å². The number of carbonyl (C=O) groups is 2. The van der Waals surface area contributed by atoms with Gasteiger partial charge in [0.25, 0.3) is 0 Å². The zero-order valence-corrected chi connectivity index (χ0v) is 21.3. The molecule has 37 heavy (non-hydrogen) atoms. The van der Waals surface area contributed by atoms with Gasteiger partial charge < -0.3 is 25.2 Å². The molecule has 1 fully saturated rings. The van der Waals surface area contributed by atoms with Crippen molar-refractivity contribution >= 4 is 11.8 Å². The molecule has 1 aliphatic heterocycles. The van der Waals surface area contributed by atoms with Crippen molar-refractivity contribution in [2.45, 2.75) is 69.7 Å². The fraction of sp³-hybridized carbons (Fsp3) is 0.467. The summed E-state index contributed by atoms with van der Waals surface area (Å²) in [5, 5.41) is 23.7. The highest BCUT2D eigenvalue weighted by Gasteiger charge is 2.50. The van der Waals surface area contributed by atoms with Crippen LogP contribution in [0.15, 0.2) is 60.2 Å². The van der Waals surface area contributed by atoms with Crippen molar-refractivity contribution in [3.05, 3.63) is 76.9 Å². The number of amides is 2. The molecule has 4 atom stereocenters. The molecule has 3 N–H and O–H groups in total. The fourth-order valence-corrected chi connectivity index (χ4v) is 6.02. The second kappa shape index (κ2) is 11.1. The number of rotatable bonds is 8.